The van der Waals surface area contributed by atoms with Gasteiger partial charge in [-0.1, -0.05) is 11.6 Å². The van der Waals surface area contributed by atoms with Crippen LogP contribution in [0.2, 0.25) is 5.02 Å². The van der Waals surface area contributed by atoms with Gasteiger partial charge in [0.25, 0.3) is 0 Å². The number of anilines is 1. The molecule has 0 N–H and O–H groups in total. The number of benzene rings is 1. The zero-order valence-electron chi connectivity index (χ0n) is 10.5. The maximum Gasteiger partial charge on any atom is 0.0992 e. The van der Waals surface area contributed by atoms with Crippen molar-refractivity contribution in [3.05, 3.63) is 28.8 Å². The quantitative estimate of drug-likeness (QED) is 0.841. The Hall–Kier alpha value is -1.24. The van der Waals surface area contributed by atoms with Crippen molar-refractivity contribution < 1.29 is 4.74 Å². The molecule has 2 rings (SSSR count). The summed E-state index contributed by atoms with van der Waals surface area (Å²) in [7, 11) is 2.01. The summed E-state index contributed by atoms with van der Waals surface area (Å²) in [5.41, 5.74) is 1.54. The van der Waals surface area contributed by atoms with Crippen molar-refractivity contribution in [1.82, 2.24) is 0 Å². The second-order valence-electron chi connectivity index (χ2n) is 4.65. The van der Waals surface area contributed by atoms with E-state index in [0.29, 0.717) is 10.6 Å². The molecular formula is C14H17ClN2O. The van der Waals surface area contributed by atoms with Gasteiger partial charge >= 0.3 is 0 Å². The van der Waals surface area contributed by atoms with Gasteiger partial charge in [0.05, 0.1) is 28.4 Å². The van der Waals surface area contributed by atoms with Crippen LogP contribution in [-0.2, 0) is 4.74 Å². The first-order valence-corrected chi connectivity index (χ1v) is 6.61. The van der Waals surface area contributed by atoms with Gasteiger partial charge in [-0.15, -0.1) is 0 Å². The molecule has 0 saturated carbocycles. The summed E-state index contributed by atoms with van der Waals surface area (Å²) in [5, 5.41) is 9.43. The van der Waals surface area contributed by atoms with E-state index < -0.39 is 0 Å². The standard InChI is InChI=1S/C14H17ClN2O/c1-17(10-12-4-2-3-7-18-12)14-6-5-11(9-16)8-13(14)15/h5-6,8,12H,2-4,7,10H2,1H3. The van der Waals surface area contributed by atoms with Gasteiger partial charge in [-0.05, 0) is 37.5 Å². The van der Waals surface area contributed by atoms with Crippen LogP contribution < -0.4 is 4.90 Å². The number of ether oxygens (including phenoxy) is 1. The predicted octanol–water partition coefficient (Wildman–Crippen LogP) is 3.22. The third kappa shape index (κ3) is 3.16. The van der Waals surface area contributed by atoms with E-state index in [1.165, 1.54) is 6.42 Å². The van der Waals surface area contributed by atoms with E-state index in [1.807, 2.05) is 13.1 Å². The Labute approximate surface area is 113 Å². The molecular weight excluding hydrogens is 248 g/mol. The van der Waals surface area contributed by atoms with Crippen LogP contribution in [0.15, 0.2) is 18.2 Å². The number of rotatable bonds is 3. The molecule has 1 heterocycles. The smallest absolute Gasteiger partial charge is 0.0992 e. The highest BCUT2D eigenvalue weighted by atomic mass is 35.5. The fourth-order valence-corrected chi connectivity index (χ4v) is 2.57. The molecule has 0 radical (unpaired) electrons. The van der Waals surface area contributed by atoms with Crippen LogP contribution in [0.25, 0.3) is 0 Å². The highest BCUT2D eigenvalue weighted by Gasteiger charge is 2.17. The van der Waals surface area contributed by atoms with Gasteiger partial charge in [-0.25, -0.2) is 0 Å². The molecule has 1 aromatic rings. The molecule has 3 nitrogen and oxygen atoms in total. The summed E-state index contributed by atoms with van der Waals surface area (Å²) in [6.07, 6.45) is 3.80. The molecule has 1 atom stereocenters. The van der Waals surface area contributed by atoms with E-state index in [2.05, 4.69) is 11.0 Å². The Morgan fingerprint density at radius 2 is 2.33 bits per heavy atom. The average Bonchev–Trinajstić information content (AvgIpc) is 2.39. The van der Waals surface area contributed by atoms with Crippen LogP contribution in [0.1, 0.15) is 24.8 Å². The Kier molecular flexibility index (Phi) is 4.46. The molecule has 0 spiro atoms. The van der Waals surface area contributed by atoms with Crippen LogP contribution in [0.4, 0.5) is 5.69 Å². The molecule has 0 aromatic heterocycles. The summed E-state index contributed by atoms with van der Waals surface area (Å²) >= 11 is 6.19. The van der Waals surface area contributed by atoms with Crippen molar-refractivity contribution >= 4 is 17.3 Å². The Bertz CT molecular complexity index is 450. The summed E-state index contributed by atoms with van der Waals surface area (Å²) in [6.45, 7) is 1.70. The molecule has 1 saturated heterocycles. The molecule has 1 fully saturated rings. The van der Waals surface area contributed by atoms with Crippen molar-refractivity contribution in [3.8, 4) is 6.07 Å². The van der Waals surface area contributed by atoms with Crippen LogP contribution in [-0.4, -0.2) is 26.3 Å². The second-order valence-corrected chi connectivity index (χ2v) is 5.05. The number of halogens is 1. The Balaban J connectivity index is 2.04. The summed E-state index contributed by atoms with van der Waals surface area (Å²) in [6, 6.07) is 7.47. The van der Waals surface area contributed by atoms with Crippen molar-refractivity contribution in [2.75, 3.05) is 25.1 Å². The van der Waals surface area contributed by atoms with Gasteiger partial charge < -0.3 is 9.64 Å². The first-order valence-electron chi connectivity index (χ1n) is 6.23. The van der Waals surface area contributed by atoms with Gasteiger partial charge in [0, 0.05) is 20.2 Å². The largest absolute Gasteiger partial charge is 0.376 e. The topological polar surface area (TPSA) is 36.3 Å². The molecule has 1 unspecified atom stereocenters. The number of hydrogen-bond donors (Lipinski definition) is 0. The monoisotopic (exact) mass is 264 g/mol. The fraction of sp³-hybridized carbons (Fsp3) is 0.500. The highest BCUT2D eigenvalue weighted by molar-refractivity contribution is 6.33. The van der Waals surface area contributed by atoms with Crippen LogP contribution in [0, 0.1) is 11.3 Å². The number of hydrogen-bond acceptors (Lipinski definition) is 3. The fourth-order valence-electron chi connectivity index (χ4n) is 2.24. The van der Waals surface area contributed by atoms with Crippen molar-refractivity contribution in [3.63, 3.8) is 0 Å². The Morgan fingerprint density at radius 1 is 1.50 bits per heavy atom. The highest BCUT2D eigenvalue weighted by Crippen LogP contribution is 2.27. The van der Waals surface area contributed by atoms with Gasteiger partial charge in [0.1, 0.15) is 0 Å². The first-order chi connectivity index (χ1) is 8.70. The van der Waals surface area contributed by atoms with Gasteiger partial charge in [0.2, 0.25) is 0 Å². The van der Waals surface area contributed by atoms with Crippen molar-refractivity contribution in [1.29, 1.82) is 5.26 Å². The van der Waals surface area contributed by atoms with E-state index in [4.69, 9.17) is 21.6 Å². The van der Waals surface area contributed by atoms with Crippen molar-refractivity contribution in [2.24, 2.45) is 0 Å². The number of nitriles is 1. The molecule has 18 heavy (non-hydrogen) atoms. The lowest BCUT2D eigenvalue weighted by Gasteiger charge is -2.29. The first kappa shape index (κ1) is 13.2. The third-order valence-electron chi connectivity index (χ3n) is 3.24. The third-order valence-corrected chi connectivity index (χ3v) is 3.54. The predicted molar refractivity (Wildman–Crippen MR) is 73.0 cm³/mol. The zero-order chi connectivity index (χ0) is 13.0. The Morgan fingerprint density at radius 3 is 2.94 bits per heavy atom. The lowest BCUT2D eigenvalue weighted by Crippen LogP contribution is -2.33. The van der Waals surface area contributed by atoms with E-state index in [-0.39, 0.29) is 6.10 Å². The number of nitrogens with zero attached hydrogens (tertiary/aromatic N) is 2. The maximum atomic E-state index is 8.81. The maximum absolute atomic E-state index is 8.81. The summed E-state index contributed by atoms with van der Waals surface area (Å²) in [5.74, 6) is 0. The molecule has 96 valence electrons. The summed E-state index contributed by atoms with van der Waals surface area (Å²) < 4.78 is 5.72. The minimum atomic E-state index is 0.287. The molecule has 1 aliphatic rings. The summed E-state index contributed by atoms with van der Waals surface area (Å²) in [4.78, 5) is 2.10. The van der Waals surface area contributed by atoms with E-state index in [9.17, 15) is 0 Å². The lowest BCUT2D eigenvalue weighted by atomic mass is 10.1. The minimum Gasteiger partial charge on any atom is -0.376 e. The van der Waals surface area contributed by atoms with E-state index >= 15 is 0 Å². The molecule has 1 aromatic carbocycles. The van der Waals surface area contributed by atoms with Gasteiger partial charge in [-0.3, -0.25) is 0 Å². The van der Waals surface area contributed by atoms with E-state index in [1.54, 1.807) is 12.1 Å². The zero-order valence-corrected chi connectivity index (χ0v) is 11.3. The molecule has 1 aliphatic heterocycles. The average molecular weight is 265 g/mol. The molecule has 0 amide bonds. The van der Waals surface area contributed by atoms with Gasteiger partial charge in [-0.2, -0.15) is 5.26 Å². The van der Waals surface area contributed by atoms with Crippen LogP contribution >= 0.6 is 11.6 Å². The molecule has 4 heteroatoms. The normalized spacial score (nSPS) is 19.3. The van der Waals surface area contributed by atoms with Crippen LogP contribution in [0.3, 0.4) is 0 Å². The number of likely N-dealkylation sites (N-methyl/N-ethyl adjacent to an activating group) is 1. The minimum absolute atomic E-state index is 0.287. The molecule has 0 aliphatic carbocycles. The van der Waals surface area contributed by atoms with Crippen LogP contribution in [0.5, 0.6) is 0 Å². The van der Waals surface area contributed by atoms with Gasteiger partial charge in [0.15, 0.2) is 0 Å². The molecule has 0 bridgehead atoms. The lowest BCUT2D eigenvalue weighted by molar-refractivity contribution is 0.0216. The SMILES string of the molecule is CN(CC1CCCCO1)c1ccc(C#N)cc1Cl. The van der Waals surface area contributed by atoms with Crippen molar-refractivity contribution in [2.45, 2.75) is 25.4 Å². The second kappa shape index (κ2) is 6.08. The van der Waals surface area contributed by atoms with E-state index in [0.717, 1.165) is 31.7 Å².